The molecule has 0 aromatic rings. The Bertz CT molecular complexity index is 221. The molecule has 0 rings (SSSR count). The largest absolute Gasteiger partial charge is 0.456 e. The molecule has 1 N–H and O–H groups in total. The molecule has 0 radical (unpaired) electrons. The number of carbonyl (C=O) groups is 1. The van der Waals surface area contributed by atoms with E-state index in [-0.39, 0.29) is 0 Å². The second kappa shape index (κ2) is 8.34. The summed E-state index contributed by atoms with van der Waals surface area (Å²) >= 11 is 0. The molecule has 0 saturated carbocycles. The minimum atomic E-state index is -0.620. The van der Waals surface area contributed by atoms with Gasteiger partial charge in [-0.3, -0.25) is 0 Å². The van der Waals surface area contributed by atoms with Crippen LogP contribution in [0.15, 0.2) is 12.2 Å². The molecular weight excluding hydrogens is 204 g/mol. The van der Waals surface area contributed by atoms with Gasteiger partial charge in [0, 0.05) is 5.57 Å². The SMILES string of the molecule is C=C(C)C(=O)OC(CCCCCC)C(C)O. The van der Waals surface area contributed by atoms with Crippen molar-refractivity contribution in [2.75, 3.05) is 0 Å². The molecule has 0 fully saturated rings. The number of hydrogen-bond donors (Lipinski definition) is 1. The maximum Gasteiger partial charge on any atom is 0.333 e. The fraction of sp³-hybridized carbons (Fsp3) is 0.769. The highest BCUT2D eigenvalue weighted by Crippen LogP contribution is 2.13. The highest BCUT2D eigenvalue weighted by atomic mass is 16.6. The highest BCUT2D eigenvalue weighted by Gasteiger charge is 2.19. The number of carbonyl (C=O) groups excluding carboxylic acids is 1. The number of hydrogen-bond acceptors (Lipinski definition) is 3. The summed E-state index contributed by atoms with van der Waals surface area (Å²) in [5.74, 6) is -0.415. The van der Waals surface area contributed by atoms with E-state index < -0.39 is 18.2 Å². The lowest BCUT2D eigenvalue weighted by molar-refractivity contribution is -0.150. The summed E-state index contributed by atoms with van der Waals surface area (Å²) in [6.45, 7) is 8.93. The molecule has 2 unspecified atom stereocenters. The van der Waals surface area contributed by atoms with E-state index in [4.69, 9.17) is 4.74 Å². The first-order valence-corrected chi connectivity index (χ1v) is 6.03. The molecule has 0 aromatic heterocycles. The van der Waals surface area contributed by atoms with Crippen molar-refractivity contribution in [2.45, 2.75) is 65.1 Å². The number of unbranched alkanes of at least 4 members (excludes halogenated alkanes) is 3. The number of aliphatic hydroxyl groups is 1. The molecule has 0 aliphatic rings. The third kappa shape index (κ3) is 6.62. The average Bonchev–Trinajstić information content (AvgIpc) is 2.21. The highest BCUT2D eigenvalue weighted by molar-refractivity contribution is 5.87. The molecule has 0 bridgehead atoms. The van der Waals surface area contributed by atoms with E-state index in [1.165, 1.54) is 12.8 Å². The monoisotopic (exact) mass is 228 g/mol. The summed E-state index contributed by atoms with van der Waals surface area (Å²) in [4.78, 5) is 11.3. The van der Waals surface area contributed by atoms with Gasteiger partial charge in [-0.2, -0.15) is 0 Å². The Labute approximate surface area is 98.5 Å². The van der Waals surface area contributed by atoms with Gasteiger partial charge in [0.05, 0.1) is 6.10 Å². The van der Waals surface area contributed by atoms with Gasteiger partial charge in [0.1, 0.15) is 6.10 Å². The van der Waals surface area contributed by atoms with E-state index in [0.29, 0.717) is 5.57 Å². The Morgan fingerprint density at radius 1 is 1.38 bits per heavy atom. The van der Waals surface area contributed by atoms with Crippen LogP contribution in [0.4, 0.5) is 0 Å². The average molecular weight is 228 g/mol. The van der Waals surface area contributed by atoms with Crippen LogP contribution in [0.25, 0.3) is 0 Å². The molecule has 2 atom stereocenters. The summed E-state index contributed by atoms with van der Waals surface area (Å²) in [6, 6.07) is 0. The molecule has 3 heteroatoms. The zero-order valence-electron chi connectivity index (χ0n) is 10.7. The zero-order valence-corrected chi connectivity index (χ0v) is 10.7. The minimum absolute atomic E-state index is 0.374. The lowest BCUT2D eigenvalue weighted by atomic mass is 10.1. The molecule has 0 spiro atoms. The van der Waals surface area contributed by atoms with Crippen LogP contribution < -0.4 is 0 Å². The minimum Gasteiger partial charge on any atom is -0.456 e. The van der Waals surface area contributed by atoms with Crippen molar-refractivity contribution in [3.8, 4) is 0 Å². The van der Waals surface area contributed by atoms with Gasteiger partial charge in [-0.25, -0.2) is 4.79 Å². The third-order valence-corrected chi connectivity index (χ3v) is 2.49. The van der Waals surface area contributed by atoms with Crippen LogP contribution in [0.2, 0.25) is 0 Å². The van der Waals surface area contributed by atoms with Gasteiger partial charge in [-0.1, -0.05) is 32.8 Å². The second-order valence-corrected chi connectivity index (χ2v) is 4.31. The molecule has 0 aromatic carbocycles. The first-order valence-electron chi connectivity index (χ1n) is 6.03. The smallest absolute Gasteiger partial charge is 0.333 e. The van der Waals surface area contributed by atoms with Crippen molar-refractivity contribution in [2.24, 2.45) is 0 Å². The summed E-state index contributed by atoms with van der Waals surface area (Å²) in [5.41, 5.74) is 0.374. The van der Waals surface area contributed by atoms with Gasteiger partial charge in [0.15, 0.2) is 0 Å². The van der Waals surface area contributed by atoms with Crippen LogP contribution in [0.1, 0.15) is 52.9 Å². The fourth-order valence-corrected chi connectivity index (χ4v) is 1.41. The first-order chi connectivity index (χ1) is 7.49. The van der Waals surface area contributed by atoms with Gasteiger partial charge in [-0.05, 0) is 26.7 Å². The molecule has 0 heterocycles. The predicted octanol–water partition coefficient (Wildman–Crippen LogP) is 2.83. The standard InChI is InChI=1S/C13H24O3/c1-5-6-7-8-9-12(11(4)14)16-13(15)10(2)3/h11-12,14H,2,5-9H2,1,3-4H3. The van der Waals surface area contributed by atoms with Crippen LogP contribution >= 0.6 is 0 Å². The van der Waals surface area contributed by atoms with E-state index in [0.717, 1.165) is 19.3 Å². The molecular formula is C13H24O3. The molecule has 94 valence electrons. The second-order valence-electron chi connectivity index (χ2n) is 4.31. The molecule has 16 heavy (non-hydrogen) atoms. The number of aliphatic hydroxyl groups excluding tert-OH is 1. The van der Waals surface area contributed by atoms with Crippen molar-refractivity contribution < 1.29 is 14.6 Å². The Kier molecular flexibility index (Phi) is 7.90. The van der Waals surface area contributed by atoms with Crippen molar-refractivity contribution in [3.63, 3.8) is 0 Å². The Balaban J connectivity index is 3.98. The number of esters is 1. The van der Waals surface area contributed by atoms with Crippen molar-refractivity contribution in [1.82, 2.24) is 0 Å². The fourth-order valence-electron chi connectivity index (χ4n) is 1.41. The van der Waals surface area contributed by atoms with Gasteiger partial charge < -0.3 is 9.84 Å². The van der Waals surface area contributed by atoms with Crippen LogP contribution in [0, 0.1) is 0 Å². The van der Waals surface area contributed by atoms with E-state index in [9.17, 15) is 9.90 Å². The third-order valence-electron chi connectivity index (χ3n) is 2.49. The normalized spacial score (nSPS) is 14.2. The molecule has 3 nitrogen and oxygen atoms in total. The van der Waals surface area contributed by atoms with E-state index >= 15 is 0 Å². The summed E-state index contributed by atoms with van der Waals surface area (Å²) in [6.07, 6.45) is 4.14. The van der Waals surface area contributed by atoms with Crippen molar-refractivity contribution >= 4 is 5.97 Å². The van der Waals surface area contributed by atoms with Gasteiger partial charge in [0.2, 0.25) is 0 Å². The van der Waals surface area contributed by atoms with E-state index in [2.05, 4.69) is 13.5 Å². The zero-order chi connectivity index (χ0) is 12.6. The first kappa shape index (κ1) is 15.2. The molecule has 0 amide bonds. The Morgan fingerprint density at radius 2 is 2.00 bits per heavy atom. The maximum absolute atomic E-state index is 11.3. The van der Waals surface area contributed by atoms with Crippen LogP contribution in [0.3, 0.4) is 0 Å². The quantitative estimate of drug-likeness (QED) is 0.395. The van der Waals surface area contributed by atoms with Crippen LogP contribution in [-0.4, -0.2) is 23.3 Å². The van der Waals surface area contributed by atoms with Gasteiger partial charge >= 0.3 is 5.97 Å². The molecule has 0 aliphatic carbocycles. The Morgan fingerprint density at radius 3 is 2.44 bits per heavy atom. The van der Waals surface area contributed by atoms with Crippen molar-refractivity contribution in [1.29, 1.82) is 0 Å². The summed E-state index contributed by atoms with van der Waals surface area (Å²) in [5, 5.41) is 9.49. The number of rotatable bonds is 8. The predicted molar refractivity (Wildman–Crippen MR) is 65.1 cm³/mol. The van der Waals surface area contributed by atoms with Crippen molar-refractivity contribution in [3.05, 3.63) is 12.2 Å². The Hall–Kier alpha value is -0.830. The van der Waals surface area contributed by atoms with Crippen LogP contribution in [0.5, 0.6) is 0 Å². The lowest BCUT2D eigenvalue weighted by Gasteiger charge is -2.20. The van der Waals surface area contributed by atoms with Gasteiger partial charge in [-0.15, -0.1) is 0 Å². The molecule has 0 aliphatic heterocycles. The number of ether oxygens (including phenoxy) is 1. The summed E-state index contributed by atoms with van der Waals surface area (Å²) < 4.78 is 5.17. The van der Waals surface area contributed by atoms with Crippen LogP contribution in [-0.2, 0) is 9.53 Å². The maximum atomic E-state index is 11.3. The lowest BCUT2D eigenvalue weighted by Crippen LogP contribution is -2.29. The summed E-state index contributed by atoms with van der Waals surface area (Å²) in [7, 11) is 0. The van der Waals surface area contributed by atoms with E-state index in [1.807, 2.05) is 0 Å². The topological polar surface area (TPSA) is 46.5 Å². The molecule has 0 saturated heterocycles. The van der Waals surface area contributed by atoms with Gasteiger partial charge in [0.25, 0.3) is 0 Å². The van der Waals surface area contributed by atoms with E-state index in [1.54, 1.807) is 13.8 Å².